The summed E-state index contributed by atoms with van der Waals surface area (Å²) in [5.41, 5.74) is 3.45. The third-order valence-corrected chi connectivity index (χ3v) is 5.57. The molecule has 1 aromatic heterocycles. The second kappa shape index (κ2) is 13.2. The van der Waals surface area contributed by atoms with E-state index in [-0.39, 0.29) is 7.43 Å². The van der Waals surface area contributed by atoms with Crippen LogP contribution in [0.25, 0.3) is 11.0 Å². The number of piperidine rings is 1. The molecule has 0 unspecified atom stereocenters. The predicted molar refractivity (Wildman–Crippen MR) is 128 cm³/mol. The fraction of sp³-hybridized carbons (Fsp3) is 0.346. The molecule has 2 N–H and O–H groups in total. The van der Waals surface area contributed by atoms with Gasteiger partial charge in [0.2, 0.25) is 0 Å². The number of nitrogens with zero attached hydrogens (tertiary/aromatic N) is 2. The van der Waals surface area contributed by atoms with E-state index < -0.39 is 11.9 Å². The number of fused-ring (bicyclic) bond motifs is 1. The summed E-state index contributed by atoms with van der Waals surface area (Å²) in [6.45, 7) is 3.50. The monoisotopic (exact) mass is 452 g/mol. The molecule has 33 heavy (non-hydrogen) atoms. The zero-order valence-electron chi connectivity index (χ0n) is 17.9. The van der Waals surface area contributed by atoms with Gasteiger partial charge in [0.1, 0.15) is 0 Å². The Hall–Kier alpha value is -3.45. The molecule has 1 fully saturated rings. The molecular weight excluding hydrogens is 420 g/mol. The van der Waals surface area contributed by atoms with Crippen molar-refractivity contribution >= 4 is 22.9 Å². The highest BCUT2D eigenvalue weighted by Gasteiger charge is 2.20. The van der Waals surface area contributed by atoms with Crippen LogP contribution in [0, 0.1) is 5.92 Å². The summed E-state index contributed by atoms with van der Waals surface area (Å²) in [4.78, 5) is 21.7. The largest absolute Gasteiger partial charge is 0.478 e. The molecule has 0 spiro atoms. The third kappa shape index (κ3) is 8.54. The van der Waals surface area contributed by atoms with Gasteiger partial charge in [0.05, 0.1) is 5.69 Å². The SMILES string of the molecule is C.O=C(O)/C=C\C(=O)O.c1ccc(CN2CCC(CCc3noc4ccccc34)CC2)cc1. The molecule has 1 aliphatic heterocycles. The summed E-state index contributed by atoms with van der Waals surface area (Å²) >= 11 is 0. The second-order valence-corrected chi connectivity index (χ2v) is 7.88. The van der Waals surface area contributed by atoms with Gasteiger partial charge in [0.25, 0.3) is 0 Å². The molecule has 0 atom stereocenters. The van der Waals surface area contributed by atoms with E-state index in [0.717, 1.165) is 30.2 Å². The molecule has 0 radical (unpaired) electrons. The highest BCUT2D eigenvalue weighted by molar-refractivity contribution is 5.89. The molecule has 0 amide bonds. The first kappa shape index (κ1) is 25.8. The maximum absolute atomic E-state index is 9.55. The van der Waals surface area contributed by atoms with E-state index in [1.165, 1.54) is 43.3 Å². The number of rotatable bonds is 7. The van der Waals surface area contributed by atoms with Gasteiger partial charge in [-0.1, -0.05) is 55.0 Å². The van der Waals surface area contributed by atoms with Gasteiger partial charge in [0, 0.05) is 24.1 Å². The minimum Gasteiger partial charge on any atom is -0.478 e. The Morgan fingerprint density at radius 1 is 0.970 bits per heavy atom. The standard InChI is InChI=1S/C21H24N2O.C4H4O4.CH4/c1-2-6-18(7-3-1)16-23-14-12-17(13-15-23)10-11-20-19-8-4-5-9-21(19)24-22-20;5-3(6)1-2-4(7)8;/h1-9,17H,10-16H2;1-2H,(H,5,6)(H,7,8);1H4/b;2-1-;. The third-order valence-electron chi connectivity index (χ3n) is 5.57. The summed E-state index contributed by atoms with van der Waals surface area (Å²) in [6, 6.07) is 19.0. The molecule has 7 heteroatoms. The van der Waals surface area contributed by atoms with Gasteiger partial charge in [-0.3, -0.25) is 4.90 Å². The number of aromatic nitrogens is 1. The van der Waals surface area contributed by atoms with Crippen LogP contribution < -0.4 is 0 Å². The number of carboxylic acids is 2. The van der Waals surface area contributed by atoms with Gasteiger partial charge in [-0.15, -0.1) is 0 Å². The zero-order valence-corrected chi connectivity index (χ0v) is 17.9. The van der Waals surface area contributed by atoms with E-state index in [9.17, 15) is 9.59 Å². The molecule has 7 nitrogen and oxygen atoms in total. The maximum atomic E-state index is 9.55. The molecule has 2 aromatic carbocycles. The topological polar surface area (TPSA) is 104 Å². The molecule has 0 bridgehead atoms. The minimum atomic E-state index is -1.26. The lowest BCUT2D eigenvalue weighted by Crippen LogP contribution is -2.33. The van der Waals surface area contributed by atoms with Crippen LogP contribution in [0.5, 0.6) is 0 Å². The first-order valence-corrected chi connectivity index (χ1v) is 10.7. The predicted octanol–water partition coefficient (Wildman–Crippen LogP) is 5.02. The van der Waals surface area contributed by atoms with Crippen LogP contribution in [0.15, 0.2) is 71.3 Å². The summed E-state index contributed by atoms with van der Waals surface area (Å²) in [7, 11) is 0. The molecule has 1 aliphatic rings. The van der Waals surface area contributed by atoms with Crippen molar-refractivity contribution in [3.8, 4) is 0 Å². The normalized spacial score (nSPS) is 14.4. The van der Waals surface area contributed by atoms with Gasteiger partial charge in [-0.25, -0.2) is 9.59 Å². The average molecular weight is 453 g/mol. The average Bonchev–Trinajstić information content (AvgIpc) is 3.22. The maximum Gasteiger partial charge on any atom is 0.328 e. The van der Waals surface area contributed by atoms with Gasteiger partial charge in [-0.05, 0) is 62.4 Å². The molecule has 3 aromatic rings. The highest BCUT2D eigenvalue weighted by Crippen LogP contribution is 2.25. The minimum absolute atomic E-state index is 0. The van der Waals surface area contributed by atoms with Crippen molar-refractivity contribution in [2.45, 2.75) is 39.7 Å². The number of aliphatic carboxylic acids is 2. The highest BCUT2D eigenvalue weighted by atomic mass is 16.5. The Kier molecular flexibility index (Phi) is 10.3. The van der Waals surface area contributed by atoms with Crippen LogP contribution in [0.3, 0.4) is 0 Å². The van der Waals surface area contributed by atoms with Gasteiger partial charge in [0.15, 0.2) is 5.58 Å². The van der Waals surface area contributed by atoms with Crippen LogP contribution in [0.1, 0.15) is 37.9 Å². The van der Waals surface area contributed by atoms with E-state index >= 15 is 0 Å². The van der Waals surface area contributed by atoms with Crippen LogP contribution in [-0.2, 0) is 22.6 Å². The summed E-state index contributed by atoms with van der Waals surface area (Å²) in [6.07, 6.45) is 5.95. The number of likely N-dealkylation sites (tertiary alicyclic amines) is 1. The molecule has 0 saturated carbocycles. The van der Waals surface area contributed by atoms with Crippen molar-refractivity contribution < 1.29 is 24.3 Å². The van der Waals surface area contributed by atoms with Crippen molar-refractivity contribution in [2.75, 3.05) is 13.1 Å². The van der Waals surface area contributed by atoms with Crippen LogP contribution in [0.2, 0.25) is 0 Å². The van der Waals surface area contributed by atoms with Crippen molar-refractivity contribution in [1.82, 2.24) is 10.1 Å². The van der Waals surface area contributed by atoms with Crippen molar-refractivity contribution in [1.29, 1.82) is 0 Å². The lowest BCUT2D eigenvalue weighted by Gasteiger charge is -2.31. The van der Waals surface area contributed by atoms with Crippen LogP contribution in [0.4, 0.5) is 0 Å². The number of hydrogen-bond acceptors (Lipinski definition) is 5. The number of carbonyl (C=O) groups is 2. The van der Waals surface area contributed by atoms with Crippen molar-refractivity contribution in [3.63, 3.8) is 0 Å². The number of para-hydroxylation sites is 1. The Balaban J connectivity index is 0.000000372. The Labute approximate surface area is 194 Å². The molecule has 0 aliphatic carbocycles. The molecular formula is C26H32N2O5. The lowest BCUT2D eigenvalue weighted by atomic mass is 9.91. The summed E-state index contributed by atoms with van der Waals surface area (Å²) in [5, 5.41) is 21.1. The smallest absolute Gasteiger partial charge is 0.328 e. The van der Waals surface area contributed by atoms with E-state index in [4.69, 9.17) is 14.7 Å². The van der Waals surface area contributed by atoms with E-state index in [1.54, 1.807) is 0 Å². The molecule has 4 rings (SSSR count). The lowest BCUT2D eigenvalue weighted by molar-refractivity contribution is -0.134. The fourth-order valence-electron chi connectivity index (χ4n) is 3.88. The first-order valence-electron chi connectivity index (χ1n) is 10.7. The summed E-state index contributed by atoms with van der Waals surface area (Å²) in [5.74, 6) is -1.70. The number of aryl methyl sites for hydroxylation is 1. The Morgan fingerprint density at radius 2 is 1.58 bits per heavy atom. The number of hydrogen-bond donors (Lipinski definition) is 2. The number of carboxylic acid groups (broad SMARTS) is 2. The van der Waals surface area contributed by atoms with Crippen LogP contribution >= 0.6 is 0 Å². The van der Waals surface area contributed by atoms with E-state index in [1.807, 2.05) is 12.1 Å². The quantitative estimate of drug-likeness (QED) is 0.485. The van der Waals surface area contributed by atoms with Crippen LogP contribution in [-0.4, -0.2) is 45.3 Å². The second-order valence-electron chi connectivity index (χ2n) is 7.88. The van der Waals surface area contributed by atoms with Gasteiger partial charge >= 0.3 is 11.9 Å². The summed E-state index contributed by atoms with van der Waals surface area (Å²) < 4.78 is 5.41. The molecule has 2 heterocycles. The van der Waals surface area contributed by atoms with E-state index in [0.29, 0.717) is 12.2 Å². The molecule has 1 saturated heterocycles. The van der Waals surface area contributed by atoms with Crippen molar-refractivity contribution in [2.24, 2.45) is 5.92 Å². The first-order chi connectivity index (χ1) is 15.5. The number of benzene rings is 2. The van der Waals surface area contributed by atoms with E-state index in [2.05, 4.69) is 52.5 Å². The van der Waals surface area contributed by atoms with Crippen molar-refractivity contribution in [3.05, 3.63) is 78.0 Å². The Morgan fingerprint density at radius 3 is 2.21 bits per heavy atom. The molecule has 176 valence electrons. The fourth-order valence-corrected chi connectivity index (χ4v) is 3.88. The van der Waals surface area contributed by atoms with Gasteiger partial charge < -0.3 is 14.7 Å². The van der Waals surface area contributed by atoms with Gasteiger partial charge in [-0.2, -0.15) is 0 Å². The zero-order chi connectivity index (χ0) is 22.8. The Bertz CT molecular complexity index is 1020.